The van der Waals surface area contributed by atoms with E-state index in [0.29, 0.717) is 5.92 Å². The van der Waals surface area contributed by atoms with E-state index >= 15 is 0 Å². The first-order valence-electron chi connectivity index (χ1n) is 8.89. The van der Waals surface area contributed by atoms with Gasteiger partial charge in [0.15, 0.2) is 0 Å². The Labute approximate surface area is 149 Å². The molecule has 0 aromatic heterocycles. The fraction of sp³-hybridized carbons (Fsp3) is 0.217. The van der Waals surface area contributed by atoms with E-state index in [2.05, 4.69) is 96.3 Å². The predicted molar refractivity (Wildman–Crippen MR) is 102 cm³/mol. The first-order chi connectivity index (χ1) is 12.4. The number of rotatable bonds is 6. The molecule has 1 fully saturated rings. The molecule has 0 unspecified atom stereocenters. The smallest absolute Gasteiger partial charge is 0.0948 e. The van der Waals surface area contributed by atoms with Gasteiger partial charge in [0.05, 0.1) is 18.8 Å². The molecule has 0 saturated carbocycles. The Morgan fingerprint density at radius 3 is 1.40 bits per heavy atom. The zero-order chi connectivity index (χ0) is 17.0. The molecule has 2 nitrogen and oxygen atoms in total. The third-order valence-corrected chi connectivity index (χ3v) is 4.98. The molecule has 1 aliphatic heterocycles. The van der Waals surface area contributed by atoms with Gasteiger partial charge in [-0.05, 0) is 16.7 Å². The molecule has 1 saturated heterocycles. The van der Waals surface area contributed by atoms with Crippen molar-refractivity contribution < 1.29 is 4.74 Å². The third kappa shape index (κ3) is 3.11. The van der Waals surface area contributed by atoms with Crippen LogP contribution in [0.2, 0.25) is 0 Å². The molecule has 3 aromatic rings. The molecule has 3 aromatic carbocycles. The van der Waals surface area contributed by atoms with E-state index in [4.69, 9.17) is 4.74 Å². The van der Waals surface area contributed by atoms with Gasteiger partial charge < -0.3 is 4.74 Å². The fourth-order valence-corrected chi connectivity index (χ4v) is 3.57. The largest absolute Gasteiger partial charge is 0.381 e. The molecule has 0 radical (unpaired) electrons. The molecule has 126 valence electrons. The minimum absolute atomic E-state index is 0.362. The van der Waals surface area contributed by atoms with Gasteiger partial charge in [-0.1, -0.05) is 91.0 Å². The monoisotopic (exact) mass is 329 g/mol. The zero-order valence-electron chi connectivity index (χ0n) is 14.3. The second-order valence-electron chi connectivity index (χ2n) is 6.63. The summed E-state index contributed by atoms with van der Waals surface area (Å²) in [6, 6.07) is 32.2. The van der Waals surface area contributed by atoms with Crippen LogP contribution in [0.25, 0.3) is 0 Å². The molecule has 0 atom stereocenters. The van der Waals surface area contributed by atoms with Crippen LogP contribution in [0.5, 0.6) is 0 Å². The molecule has 1 N–H and O–H groups in total. The van der Waals surface area contributed by atoms with Crippen LogP contribution in [0.4, 0.5) is 0 Å². The second kappa shape index (κ2) is 7.22. The van der Waals surface area contributed by atoms with Crippen molar-refractivity contribution in [2.24, 2.45) is 5.92 Å². The van der Waals surface area contributed by atoms with Crippen molar-refractivity contribution in [3.05, 3.63) is 108 Å². The van der Waals surface area contributed by atoms with Gasteiger partial charge in [-0.25, -0.2) is 0 Å². The Hall–Kier alpha value is -2.42. The van der Waals surface area contributed by atoms with Crippen LogP contribution in [0.1, 0.15) is 16.7 Å². The summed E-state index contributed by atoms with van der Waals surface area (Å²) in [6.07, 6.45) is 0. The van der Waals surface area contributed by atoms with E-state index < -0.39 is 0 Å². The van der Waals surface area contributed by atoms with Gasteiger partial charge in [0, 0.05) is 12.5 Å². The zero-order valence-corrected chi connectivity index (χ0v) is 14.3. The predicted octanol–water partition coefficient (Wildman–Crippen LogP) is 4.21. The molecule has 25 heavy (non-hydrogen) atoms. The third-order valence-electron chi connectivity index (χ3n) is 4.98. The van der Waals surface area contributed by atoms with Crippen LogP contribution in [0, 0.1) is 5.92 Å². The van der Waals surface area contributed by atoms with Gasteiger partial charge >= 0.3 is 0 Å². The minimum atomic E-state index is -0.362. The average Bonchev–Trinajstić information content (AvgIpc) is 2.66. The first-order valence-corrected chi connectivity index (χ1v) is 8.89. The van der Waals surface area contributed by atoms with E-state index in [1.807, 2.05) is 0 Å². The summed E-state index contributed by atoms with van der Waals surface area (Å²) in [4.78, 5) is 0. The van der Waals surface area contributed by atoms with Crippen molar-refractivity contribution in [1.82, 2.24) is 5.32 Å². The minimum Gasteiger partial charge on any atom is -0.381 e. The van der Waals surface area contributed by atoms with Crippen LogP contribution in [0.3, 0.4) is 0 Å². The summed E-state index contributed by atoms with van der Waals surface area (Å²) in [5, 5.41) is 3.90. The van der Waals surface area contributed by atoms with Crippen LogP contribution >= 0.6 is 0 Å². The highest BCUT2D eigenvalue weighted by Gasteiger charge is 2.36. The van der Waals surface area contributed by atoms with Crippen LogP contribution in [-0.4, -0.2) is 19.8 Å². The number of hydrogen-bond acceptors (Lipinski definition) is 2. The normalized spacial score (nSPS) is 14.9. The molecule has 2 heteroatoms. The van der Waals surface area contributed by atoms with Crippen molar-refractivity contribution in [2.45, 2.75) is 5.54 Å². The Kier molecular flexibility index (Phi) is 4.64. The Morgan fingerprint density at radius 1 is 0.680 bits per heavy atom. The van der Waals surface area contributed by atoms with Gasteiger partial charge in [-0.2, -0.15) is 0 Å². The lowest BCUT2D eigenvalue weighted by Gasteiger charge is -2.39. The van der Waals surface area contributed by atoms with E-state index in [1.165, 1.54) is 16.7 Å². The van der Waals surface area contributed by atoms with Gasteiger partial charge in [0.1, 0.15) is 0 Å². The lowest BCUT2D eigenvalue weighted by molar-refractivity contribution is -0.0324. The number of hydrogen-bond donors (Lipinski definition) is 1. The fourth-order valence-electron chi connectivity index (χ4n) is 3.57. The second-order valence-corrected chi connectivity index (χ2v) is 6.63. The molecule has 0 amide bonds. The van der Waals surface area contributed by atoms with Crippen LogP contribution in [0.15, 0.2) is 91.0 Å². The standard InChI is InChI=1S/C23H23NO/c1-4-10-20(11-5-1)23(21-12-6-2-7-13-21,22-14-8-3-9-15-22)24-16-19-17-25-18-19/h1-15,19,24H,16-18H2. The first kappa shape index (κ1) is 16.1. The van der Waals surface area contributed by atoms with Crippen LogP contribution in [-0.2, 0) is 10.3 Å². The van der Waals surface area contributed by atoms with Gasteiger partial charge in [0.2, 0.25) is 0 Å². The average molecular weight is 329 g/mol. The Bertz CT molecular complexity index is 685. The number of benzene rings is 3. The molecule has 1 heterocycles. The van der Waals surface area contributed by atoms with E-state index in [1.54, 1.807) is 0 Å². The molecule has 4 rings (SSSR count). The van der Waals surface area contributed by atoms with Crippen molar-refractivity contribution >= 4 is 0 Å². The Balaban J connectivity index is 1.87. The van der Waals surface area contributed by atoms with Crippen molar-refractivity contribution in [3.8, 4) is 0 Å². The molecule has 0 bridgehead atoms. The molecular formula is C23H23NO. The molecule has 0 spiro atoms. The summed E-state index contributed by atoms with van der Waals surface area (Å²) >= 11 is 0. The summed E-state index contributed by atoms with van der Waals surface area (Å²) in [6.45, 7) is 2.63. The number of nitrogens with one attached hydrogen (secondary N) is 1. The van der Waals surface area contributed by atoms with E-state index in [9.17, 15) is 0 Å². The van der Waals surface area contributed by atoms with Gasteiger partial charge in [-0.3, -0.25) is 5.32 Å². The maximum atomic E-state index is 5.38. The Morgan fingerprint density at radius 2 is 1.08 bits per heavy atom. The highest BCUT2D eigenvalue weighted by molar-refractivity contribution is 5.49. The summed E-state index contributed by atoms with van der Waals surface area (Å²) in [5.41, 5.74) is 3.41. The SMILES string of the molecule is c1ccc(C(NCC2COC2)(c2ccccc2)c2ccccc2)cc1. The molecular weight excluding hydrogens is 306 g/mol. The van der Waals surface area contributed by atoms with Gasteiger partial charge in [0.25, 0.3) is 0 Å². The summed E-state index contributed by atoms with van der Waals surface area (Å²) in [5.74, 6) is 0.579. The highest BCUT2D eigenvalue weighted by Crippen LogP contribution is 2.37. The van der Waals surface area contributed by atoms with E-state index in [0.717, 1.165) is 19.8 Å². The van der Waals surface area contributed by atoms with Crippen molar-refractivity contribution in [2.75, 3.05) is 19.8 Å². The van der Waals surface area contributed by atoms with Crippen molar-refractivity contribution in [1.29, 1.82) is 0 Å². The lowest BCUT2D eigenvalue weighted by atomic mass is 9.76. The summed E-state index contributed by atoms with van der Waals surface area (Å²) < 4.78 is 5.38. The summed E-state index contributed by atoms with van der Waals surface area (Å²) in [7, 11) is 0. The molecule has 1 aliphatic rings. The van der Waals surface area contributed by atoms with Gasteiger partial charge in [-0.15, -0.1) is 0 Å². The van der Waals surface area contributed by atoms with Crippen LogP contribution < -0.4 is 5.32 Å². The maximum Gasteiger partial charge on any atom is 0.0948 e. The maximum absolute atomic E-state index is 5.38. The number of ether oxygens (including phenoxy) is 1. The van der Waals surface area contributed by atoms with Crippen molar-refractivity contribution in [3.63, 3.8) is 0 Å². The lowest BCUT2D eigenvalue weighted by Crippen LogP contribution is -2.49. The topological polar surface area (TPSA) is 21.3 Å². The highest BCUT2D eigenvalue weighted by atomic mass is 16.5. The molecule has 0 aliphatic carbocycles. The quantitative estimate of drug-likeness (QED) is 0.684. The van der Waals surface area contributed by atoms with E-state index in [-0.39, 0.29) is 5.54 Å².